The highest BCUT2D eigenvalue weighted by atomic mass is 35.5. The van der Waals surface area contributed by atoms with Crippen molar-refractivity contribution in [3.05, 3.63) is 35.4 Å². The number of benzene rings is 1. The number of carbonyl (C=O) groups excluding carboxylic acids is 2. The molecule has 1 unspecified atom stereocenters. The second-order valence-electron chi connectivity index (χ2n) is 6.37. The van der Waals surface area contributed by atoms with Crippen LogP contribution in [0.2, 0.25) is 0 Å². The van der Waals surface area contributed by atoms with Crippen molar-refractivity contribution in [2.45, 2.75) is 37.4 Å². The van der Waals surface area contributed by atoms with E-state index in [2.05, 4.69) is 16.7 Å². The zero-order valence-corrected chi connectivity index (χ0v) is 15.0. The third-order valence-electron chi connectivity index (χ3n) is 4.73. The van der Waals surface area contributed by atoms with Crippen LogP contribution in [0, 0.1) is 22.7 Å². The monoisotopic (exact) mass is 373 g/mol. The van der Waals surface area contributed by atoms with Crippen molar-refractivity contribution in [1.82, 2.24) is 15.5 Å². The minimum Gasteiger partial charge on any atom is -0.348 e. The zero-order valence-electron chi connectivity index (χ0n) is 14.1. The second-order valence-corrected chi connectivity index (χ2v) is 6.37. The fourth-order valence-corrected chi connectivity index (χ4v) is 3.36. The van der Waals surface area contributed by atoms with Crippen LogP contribution >= 0.6 is 12.4 Å². The fourth-order valence-electron chi connectivity index (χ4n) is 3.36. The Bertz CT molecular complexity index is 752. The van der Waals surface area contributed by atoms with E-state index in [1.165, 1.54) is 0 Å². The third-order valence-corrected chi connectivity index (χ3v) is 4.73. The van der Waals surface area contributed by atoms with E-state index in [4.69, 9.17) is 10.5 Å². The molecule has 2 fully saturated rings. The molecule has 2 aliphatic heterocycles. The maximum absolute atomic E-state index is 12.6. The number of rotatable bonds is 3. The van der Waals surface area contributed by atoms with Crippen molar-refractivity contribution in [1.29, 1.82) is 10.5 Å². The van der Waals surface area contributed by atoms with Gasteiger partial charge in [-0.3, -0.25) is 9.59 Å². The lowest BCUT2D eigenvalue weighted by atomic mass is 10.1. The number of nitriles is 2. The average molecular weight is 374 g/mol. The van der Waals surface area contributed by atoms with Crippen LogP contribution in [0.5, 0.6) is 0 Å². The van der Waals surface area contributed by atoms with Gasteiger partial charge in [-0.1, -0.05) is 0 Å². The van der Waals surface area contributed by atoms with E-state index in [9.17, 15) is 9.59 Å². The van der Waals surface area contributed by atoms with Crippen molar-refractivity contribution in [3.63, 3.8) is 0 Å². The Balaban J connectivity index is 0.00000243. The van der Waals surface area contributed by atoms with E-state index in [1.807, 2.05) is 6.07 Å². The first-order valence-electron chi connectivity index (χ1n) is 8.37. The van der Waals surface area contributed by atoms with Gasteiger partial charge in [0, 0.05) is 24.7 Å². The summed E-state index contributed by atoms with van der Waals surface area (Å²) in [6, 6.07) is 9.78. The molecule has 0 aromatic heterocycles. The van der Waals surface area contributed by atoms with Crippen LogP contribution in [0.25, 0.3) is 0 Å². The number of hydrogen-bond acceptors (Lipinski definition) is 5. The molecule has 3 atom stereocenters. The quantitative estimate of drug-likeness (QED) is 0.820. The molecular formula is C18H20ClN5O2. The van der Waals surface area contributed by atoms with Crippen molar-refractivity contribution >= 4 is 24.2 Å². The summed E-state index contributed by atoms with van der Waals surface area (Å²) >= 11 is 0. The highest BCUT2D eigenvalue weighted by molar-refractivity contribution is 5.94. The molecule has 8 heteroatoms. The number of nitrogens with zero attached hydrogens (tertiary/aromatic N) is 3. The Kier molecular flexibility index (Phi) is 6.57. The lowest BCUT2D eigenvalue weighted by Gasteiger charge is -2.23. The van der Waals surface area contributed by atoms with Gasteiger partial charge in [-0.2, -0.15) is 10.5 Å². The Morgan fingerprint density at radius 2 is 1.96 bits per heavy atom. The molecule has 3 rings (SSSR count). The first kappa shape index (κ1) is 19.7. The number of hydrogen-bond donors (Lipinski definition) is 2. The lowest BCUT2D eigenvalue weighted by Crippen LogP contribution is -2.45. The molecule has 2 amide bonds. The Labute approximate surface area is 158 Å². The number of halogens is 1. The topological polar surface area (TPSA) is 109 Å². The van der Waals surface area contributed by atoms with Crippen LogP contribution in [0.1, 0.15) is 35.2 Å². The second kappa shape index (κ2) is 8.66. The number of amides is 2. The van der Waals surface area contributed by atoms with E-state index in [0.29, 0.717) is 30.6 Å². The first-order valence-corrected chi connectivity index (χ1v) is 8.37. The smallest absolute Gasteiger partial charge is 0.251 e. The van der Waals surface area contributed by atoms with Crippen LogP contribution < -0.4 is 10.6 Å². The highest BCUT2D eigenvalue weighted by Crippen LogP contribution is 2.20. The molecule has 2 aliphatic rings. The Morgan fingerprint density at radius 3 is 2.62 bits per heavy atom. The maximum atomic E-state index is 12.6. The standard InChI is InChI=1S/C18H19N5O2.ClH/c19-9-12-3-5-13(6-4-12)17(24)22-14-8-16(21-11-14)18(25)23-7-1-2-15(23)10-20;/h3-6,14-16,21H,1-2,7-8,11H2,(H,22,24);1H/t14-,15?,16-;/m0./s1. The van der Waals surface area contributed by atoms with Gasteiger partial charge >= 0.3 is 0 Å². The normalized spacial score (nSPS) is 24.2. The highest BCUT2D eigenvalue weighted by Gasteiger charge is 2.37. The molecular weight excluding hydrogens is 354 g/mol. The molecule has 136 valence electrons. The van der Waals surface area contributed by atoms with Crippen molar-refractivity contribution in [3.8, 4) is 12.1 Å². The molecule has 2 N–H and O–H groups in total. The van der Waals surface area contributed by atoms with Gasteiger partial charge in [0.2, 0.25) is 5.91 Å². The minimum absolute atomic E-state index is 0. The molecule has 2 heterocycles. The van der Waals surface area contributed by atoms with E-state index in [-0.39, 0.29) is 42.3 Å². The maximum Gasteiger partial charge on any atom is 0.251 e. The van der Waals surface area contributed by atoms with E-state index >= 15 is 0 Å². The zero-order chi connectivity index (χ0) is 17.8. The molecule has 0 spiro atoms. The molecule has 0 bridgehead atoms. The first-order chi connectivity index (χ1) is 12.1. The SMILES string of the molecule is Cl.N#Cc1ccc(C(=O)N[C@@H]2CN[C@H](C(=O)N3CCCC3C#N)C2)cc1. The summed E-state index contributed by atoms with van der Waals surface area (Å²) < 4.78 is 0. The number of nitrogens with one attached hydrogen (secondary N) is 2. The summed E-state index contributed by atoms with van der Waals surface area (Å²) in [5.74, 6) is -0.278. The molecule has 2 saturated heterocycles. The summed E-state index contributed by atoms with van der Waals surface area (Å²) in [5, 5.41) is 24.0. The van der Waals surface area contributed by atoms with Gasteiger partial charge in [-0.15, -0.1) is 12.4 Å². The predicted octanol–water partition coefficient (Wildman–Crippen LogP) is 0.955. The lowest BCUT2D eigenvalue weighted by molar-refractivity contribution is -0.133. The minimum atomic E-state index is -0.361. The number of carbonyl (C=O) groups is 2. The molecule has 1 aromatic rings. The van der Waals surface area contributed by atoms with Crippen LogP contribution in [-0.2, 0) is 4.79 Å². The van der Waals surface area contributed by atoms with Crippen LogP contribution in [-0.4, -0.2) is 47.9 Å². The van der Waals surface area contributed by atoms with Gasteiger partial charge in [0.1, 0.15) is 6.04 Å². The van der Waals surface area contributed by atoms with Gasteiger partial charge in [-0.25, -0.2) is 0 Å². The van der Waals surface area contributed by atoms with Crippen molar-refractivity contribution in [2.24, 2.45) is 0 Å². The molecule has 0 saturated carbocycles. The summed E-state index contributed by atoms with van der Waals surface area (Å²) in [6.07, 6.45) is 2.10. The molecule has 0 radical (unpaired) electrons. The van der Waals surface area contributed by atoms with E-state index in [1.54, 1.807) is 29.2 Å². The average Bonchev–Trinajstić information content (AvgIpc) is 3.30. The van der Waals surface area contributed by atoms with Crippen LogP contribution in [0.4, 0.5) is 0 Å². The third kappa shape index (κ3) is 4.13. The van der Waals surface area contributed by atoms with Gasteiger partial charge in [0.05, 0.1) is 23.7 Å². The van der Waals surface area contributed by atoms with Gasteiger partial charge in [0.15, 0.2) is 0 Å². The number of likely N-dealkylation sites (tertiary alicyclic amines) is 1. The van der Waals surface area contributed by atoms with Gasteiger partial charge in [-0.05, 0) is 43.5 Å². The van der Waals surface area contributed by atoms with Crippen molar-refractivity contribution in [2.75, 3.05) is 13.1 Å². The Morgan fingerprint density at radius 1 is 1.23 bits per heavy atom. The van der Waals surface area contributed by atoms with E-state index < -0.39 is 0 Å². The fraction of sp³-hybridized carbons (Fsp3) is 0.444. The van der Waals surface area contributed by atoms with E-state index in [0.717, 1.165) is 12.8 Å². The van der Waals surface area contributed by atoms with Crippen molar-refractivity contribution < 1.29 is 9.59 Å². The van der Waals surface area contributed by atoms with Crippen LogP contribution in [0.3, 0.4) is 0 Å². The van der Waals surface area contributed by atoms with Gasteiger partial charge < -0.3 is 15.5 Å². The predicted molar refractivity (Wildman–Crippen MR) is 96.4 cm³/mol. The molecule has 7 nitrogen and oxygen atoms in total. The molecule has 0 aliphatic carbocycles. The molecule has 26 heavy (non-hydrogen) atoms. The molecule has 1 aromatic carbocycles. The van der Waals surface area contributed by atoms with Crippen LogP contribution in [0.15, 0.2) is 24.3 Å². The Hall–Kier alpha value is -2.61. The summed E-state index contributed by atoms with van der Waals surface area (Å²) in [7, 11) is 0. The largest absolute Gasteiger partial charge is 0.348 e. The van der Waals surface area contributed by atoms with Gasteiger partial charge in [0.25, 0.3) is 5.91 Å². The summed E-state index contributed by atoms with van der Waals surface area (Å²) in [5.41, 5.74) is 0.986. The summed E-state index contributed by atoms with van der Waals surface area (Å²) in [4.78, 5) is 26.5. The summed E-state index contributed by atoms with van der Waals surface area (Å²) in [6.45, 7) is 1.14.